The van der Waals surface area contributed by atoms with E-state index in [9.17, 15) is 0 Å². The van der Waals surface area contributed by atoms with Crippen LogP contribution >= 0.6 is 0 Å². The smallest absolute Gasteiger partial charge is 0.123 e. The van der Waals surface area contributed by atoms with E-state index in [2.05, 4.69) is 22.5 Å². The van der Waals surface area contributed by atoms with Gasteiger partial charge >= 0.3 is 0 Å². The molecular formula is C15H21N3O. The Morgan fingerprint density at radius 3 is 2.89 bits per heavy atom. The Bertz CT molecular complexity index is 548. The van der Waals surface area contributed by atoms with Gasteiger partial charge in [0.25, 0.3) is 0 Å². The minimum Gasteiger partial charge on any atom is -0.496 e. The molecule has 4 nitrogen and oxygen atoms in total. The van der Waals surface area contributed by atoms with Crippen LogP contribution in [0, 0.1) is 6.92 Å². The number of methoxy groups -OCH3 is 1. The van der Waals surface area contributed by atoms with Crippen molar-refractivity contribution in [3.63, 3.8) is 0 Å². The molecule has 1 atom stereocenters. The Morgan fingerprint density at radius 1 is 1.42 bits per heavy atom. The summed E-state index contributed by atoms with van der Waals surface area (Å²) >= 11 is 0. The van der Waals surface area contributed by atoms with Gasteiger partial charge in [0, 0.05) is 37.0 Å². The van der Waals surface area contributed by atoms with Gasteiger partial charge in [0.15, 0.2) is 0 Å². The fourth-order valence-corrected chi connectivity index (χ4v) is 2.25. The molecule has 0 bridgehead atoms. The molecule has 0 radical (unpaired) electrons. The van der Waals surface area contributed by atoms with E-state index >= 15 is 0 Å². The zero-order valence-electron chi connectivity index (χ0n) is 11.8. The summed E-state index contributed by atoms with van der Waals surface area (Å²) in [6.07, 6.45) is 4.51. The van der Waals surface area contributed by atoms with E-state index in [1.165, 1.54) is 5.56 Å². The van der Waals surface area contributed by atoms with Crippen LogP contribution in [-0.4, -0.2) is 16.7 Å². The largest absolute Gasteiger partial charge is 0.496 e. The van der Waals surface area contributed by atoms with Gasteiger partial charge in [-0.1, -0.05) is 12.1 Å². The van der Waals surface area contributed by atoms with Crippen LogP contribution in [0.25, 0.3) is 0 Å². The molecule has 4 heteroatoms. The molecule has 0 aliphatic rings. The lowest BCUT2D eigenvalue weighted by Crippen LogP contribution is -2.17. The molecule has 2 aromatic rings. The number of aromatic nitrogens is 2. The predicted molar refractivity (Wildman–Crippen MR) is 76.3 cm³/mol. The summed E-state index contributed by atoms with van der Waals surface area (Å²) < 4.78 is 7.53. The van der Waals surface area contributed by atoms with E-state index in [0.29, 0.717) is 6.42 Å². The quantitative estimate of drug-likeness (QED) is 0.897. The summed E-state index contributed by atoms with van der Waals surface area (Å²) in [4.78, 5) is 4.37. The van der Waals surface area contributed by atoms with Crippen molar-refractivity contribution in [3.05, 3.63) is 47.5 Å². The zero-order valence-corrected chi connectivity index (χ0v) is 11.8. The van der Waals surface area contributed by atoms with E-state index in [0.717, 1.165) is 23.7 Å². The van der Waals surface area contributed by atoms with Gasteiger partial charge in [-0.2, -0.15) is 0 Å². The predicted octanol–water partition coefficient (Wildman–Crippen LogP) is 2.46. The number of nitrogens with zero attached hydrogens (tertiary/aromatic N) is 2. The maximum absolute atomic E-state index is 6.30. The second-order valence-corrected chi connectivity index (χ2v) is 4.69. The van der Waals surface area contributed by atoms with Crippen LogP contribution < -0.4 is 10.5 Å². The van der Waals surface area contributed by atoms with Crippen molar-refractivity contribution in [1.82, 2.24) is 9.55 Å². The van der Waals surface area contributed by atoms with Gasteiger partial charge in [-0.15, -0.1) is 0 Å². The van der Waals surface area contributed by atoms with Gasteiger partial charge in [0.2, 0.25) is 0 Å². The molecule has 2 N–H and O–H groups in total. The van der Waals surface area contributed by atoms with Crippen molar-refractivity contribution in [2.24, 2.45) is 5.73 Å². The molecule has 19 heavy (non-hydrogen) atoms. The zero-order chi connectivity index (χ0) is 13.8. The second-order valence-electron chi connectivity index (χ2n) is 4.69. The molecule has 1 heterocycles. The van der Waals surface area contributed by atoms with E-state index in [4.69, 9.17) is 10.5 Å². The van der Waals surface area contributed by atoms with Crippen LogP contribution in [0.2, 0.25) is 0 Å². The third-order valence-electron chi connectivity index (χ3n) is 3.33. The Balaban J connectivity index is 2.22. The third kappa shape index (κ3) is 2.96. The lowest BCUT2D eigenvalue weighted by molar-refractivity contribution is 0.404. The first-order valence-corrected chi connectivity index (χ1v) is 6.55. The number of nitrogens with two attached hydrogens (primary N) is 1. The van der Waals surface area contributed by atoms with Crippen molar-refractivity contribution in [1.29, 1.82) is 0 Å². The number of benzene rings is 1. The molecule has 2 rings (SSSR count). The normalized spacial score (nSPS) is 12.4. The van der Waals surface area contributed by atoms with Gasteiger partial charge in [0.1, 0.15) is 11.6 Å². The fraction of sp³-hybridized carbons (Fsp3) is 0.400. The topological polar surface area (TPSA) is 53.1 Å². The molecule has 1 aromatic heterocycles. The molecule has 1 aromatic carbocycles. The van der Waals surface area contributed by atoms with Crippen LogP contribution in [0.5, 0.6) is 5.75 Å². The monoisotopic (exact) mass is 259 g/mol. The van der Waals surface area contributed by atoms with Crippen molar-refractivity contribution in [2.45, 2.75) is 32.9 Å². The first kappa shape index (κ1) is 13.6. The van der Waals surface area contributed by atoms with Crippen molar-refractivity contribution < 1.29 is 4.74 Å². The van der Waals surface area contributed by atoms with Gasteiger partial charge in [-0.05, 0) is 25.5 Å². The summed E-state index contributed by atoms with van der Waals surface area (Å²) in [5.74, 6) is 1.86. The van der Waals surface area contributed by atoms with Crippen LogP contribution in [0.1, 0.15) is 29.9 Å². The molecule has 0 fully saturated rings. The van der Waals surface area contributed by atoms with Crippen molar-refractivity contribution in [2.75, 3.05) is 7.11 Å². The number of hydrogen-bond donors (Lipinski definition) is 1. The lowest BCUT2D eigenvalue weighted by Gasteiger charge is -2.16. The molecule has 0 saturated carbocycles. The molecule has 0 amide bonds. The molecule has 0 aliphatic heterocycles. The number of aryl methyl sites for hydroxylation is 2. The fourth-order valence-electron chi connectivity index (χ4n) is 2.25. The summed E-state index contributed by atoms with van der Waals surface area (Å²) in [7, 11) is 1.68. The number of ether oxygens (including phenoxy) is 1. The number of hydrogen-bond acceptors (Lipinski definition) is 3. The highest BCUT2D eigenvalue weighted by Crippen LogP contribution is 2.26. The number of rotatable bonds is 5. The Kier molecular flexibility index (Phi) is 4.22. The van der Waals surface area contributed by atoms with Gasteiger partial charge < -0.3 is 15.0 Å². The maximum atomic E-state index is 6.30. The van der Waals surface area contributed by atoms with Crippen molar-refractivity contribution in [3.8, 4) is 5.75 Å². The molecular weight excluding hydrogens is 238 g/mol. The SMILES string of the molecule is CCn1ccnc1CC(N)c1ccc(C)cc1OC. The van der Waals surface area contributed by atoms with Crippen LogP contribution in [-0.2, 0) is 13.0 Å². The maximum Gasteiger partial charge on any atom is 0.123 e. The third-order valence-corrected chi connectivity index (χ3v) is 3.33. The Labute approximate surface area is 114 Å². The van der Waals surface area contributed by atoms with Gasteiger partial charge in [-0.3, -0.25) is 0 Å². The minimum absolute atomic E-state index is 0.108. The highest BCUT2D eigenvalue weighted by atomic mass is 16.5. The average molecular weight is 259 g/mol. The van der Waals surface area contributed by atoms with Crippen LogP contribution in [0.4, 0.5) is 0 Å². The van der Waals surface area contributed by atoms with E-state index in [1.54, 1.807) is 7.11 Å². The minimum atomic E-state index is -0.108. The summed E-state index contributed by atoms with van der Waals surface area (Å²) in [6.45, 7) is 5.05. The van der Waals surface area contributed by atoms with Crippen LogP contribution in [0.15, 0.2) is 30.6 Å². The first-order chi connectivity index (χ1) is 9.15. The van der Waals surface area contributed by atoms with Gasteiger partial charge in [-0.25, -0.2) is 4.98 Å². The Morgan fingerprint density at radius 2 is 2.21 bits per heavy atom. The van der Waals surface area contributed by atoms with E-state index < -0.39 is 0 Å². The second kappa shape index (κ2) is 5.89. The Hall–Kier alpha value is -1.81. The summed E-state index contributed by atoms with van der Waals surface area (Å²) in [5, 5.41) is 0. The molecule has 1 unspecified atom stereocenters. The van der Waals surface area contributed by atoms with Crippen LogP contribution in [0.3, 0.4) is 0 Å². The van der Waals surface area contributed by atoms with Gasteiger partial charge in [0.05, 0.1) is 7.11 Å². The average Bonchev–Trinajstić information content (AvgIpc) is 2.85. The first-order valence-electron chi connectivity index (χ1n) is 6.55. The standard InChI is InChI=1S/C15H21N3O/c1-4-18-8-7-17-15(18)10-13(16)12-6-5-11(2)9-14(12)19-3/h5-9,13H,4,10,16H2,1-3H3. The highest BCUT2D eigenvalue weighted by Gasteiger charge is 2.15. The lowest BCUT2D eigenvalue weighted by atomic mass is 10.0. The van der Waals surface area contributed by atoms with E-state index in [-0.39, 0.29) is 6.04 Å². The molecule has 102 valence electrons. The van der Waals surface area contributed by atoms with Crippen molar-refractivity contribution >= 4 is 0 Å². The molecule has 0 saturated heterocycles. The summed E-state index contributed by atoms with van der Waals surface area (Å²) in [6, 6.07) is 6.01. The molecule has 0 spiro atoms. The summed E-state index contributed by atoms with van der Waals surface area (Å²) in [5.41, 5.74) is 8.50. The number of imidazole rings is 1. The highest BCUT2D eigenvalue weighted by molar-refractivity contribution is 5.39. The molecule has 0 aliphatic carbocycles. The van der Waals surface area contributed by atoms with E-state index in [1.807, 2.05) is 31.5 Å².